The molecular weight excluding hydrogens is 265 g/mol. The van der Waals surface area contributed by atoms with Gasteiger partial charge in [0.05, 0.1) is 11.7 Å². The summed E-state index contributed by atoms with van der Waals surface area (Å²) in [6.45, 7) is 0.725. The first-order chi connectivity index (χ1) is 7.66. The molecule has 0 radical (unpaired) electrons. The summed E-state index contributed by atoms with van der Waals surface area (Å²) in [5.41, 5.74) is 1.15. The Balaban J connectivity index is 2.10. The molecule has 0 aliphatic heterocycles. The lowest BCUT2D eigenvalue weighted by Crippen LogP contribution is -2.16. The minimum atomic E-state index is 0.446. The molecule has 0 bridgehead atoms. The van der Waals surface area contributed by atoms with Gasteiger partial charge in [-0.3, -0.25) is 0 Å². The minimum absolute atomic E-state index is 0.446. The van der Waals surface area contributed by atoms with E-state index >= 15 is 0 Å². The molecule has 0 saturated carbocycles. The molecule has 0 amide bonds. The van der Waals surface area contributed by atoms with Gasteiger partial charge in [-0.2, -0.15) is 8.75 Å². The van der Waals surface area contributed by atoms with E-state index in [1.807, 2.05) is 36.2 Å². The Morgan fingerprint density at radius 1 is 1.19 bits per heavy atom. The average molecular weight is 274 g/mol. The third-order valence-electron chi connectivity index (χ3n) is 2.13. The van der Waals surface area contributed by atoms with Crippen molar-refractivity contribution < 1.29 is 0 Å². The normalized spacial score (nSPS) is 10.4. The largest absolute Gasteiger partial charge is 0.352 e. The van der Waals surface area contributed by atoms with E-state index in [9.17, 15) is 0 Å². The summed E-state index contributed by atoms with van der Waals surface area (Å²) in [4.78, 5) is 1.95. The van der Waals surface area contributed by atoms with Crippen molar-refractivity contribution >= 4 is 40.7 Å². The smallest absolute Gasteiger partial charge is 0.187 e. The van der Waals surface area contributed by atoms with Crippen molar-refractivity contribution in [3.05, 3.63) is 40.0 Å². The third kappa shape index (κ3) is 2.64. The van der Waals surface area contributed by atoms with E-state index < -0.39 is 0 Å². The van der Waals surface area contributed by atoms with Crippen LogP contribution in [0.1, 0.15) is 5.56 Å². The number of anilines is 1. The number of nitrogens with zero attached hydrogens (tertiary/aromatic N) is 3. The first kappa shape index (κ1) is 11.6. The van der Waals surface area contributed by atoms with E-state index in [1.165, 1.54) is 0 Å². The number of hydrogen-bond donors (Lipinski definition) is 0. The van der Waals surface area contributed by atoms with Crippen LogP contribution in [0.4, 0.5) is 5.82 Å². The molecule has 1 heterocycles. The molecule has 84 valence electrons. The maximum Gasteiger partial charge on any atom is 0.187 e. The van der Waals surface area contributed by atoms with Crippen LogP contribution < -0.4 is 4.90 Å². The van der Waals surface area contributed by atoms with Crippen molar-refractivity contribution in [3.63, 3.8) is 0 Å². The van der Waals surface area contributed by atoms with E-state index in [1.54, 1.807) is 0 Å². The fourth-order valence-corrected chi connectivity index (χ4v) is 2.29. The van der Waals surface area contributed by atoms with Crippen LogP contribution in [0.25, 0.3) is 0 Å². The van der Waals surface area contributed by atoms with Crippen molar-refractivity contribution in [3.8, 4) is 0 Å². The second-order valence-electron chi connectivity index (χ2n) is 3.36. The lowest BCUT2D eigenvalue weighted by Gasteiger charge is -2.16. The molecule has 0 atom stereocenters. The second-order valence-corrected chi connectivity index (χ2v) is 4.68. The van der Waals surface area contributed by atoms with Crippen LogP contribution in [0.2, 0.25) is 10.2 Å². The zero-order chi connectivity index (χ0) is 11.5. The molecule has 16 heavy (non-hydrogen) atoms. The Hall–Kier alpha value is -0.840. The molecule has 3 nitrogen and oxygen atoms in total. The maximum atomic E-state index is 5.90. The predicted octanol–water partition coefficient (Wildman–Crippen LogP) is 3.48. The van der Waals surface area contributed by atoms with Crippen LogP contribution in [0, 0.1) is 0 Å². The standard InChI is InChI=1S/C10H9Cl2N3S/c1-15(10-9(12)13-16-14-10)6-7-2-4-8(11)5-3-7/h2-5H,6H2,1H3. The number of halogens is 2. The van der Waals surface area contributed by atoms with Crippen LogP contribution in [0.5, 0.6) is 0 Å². The third-order valence-corrected chi connectivity index (χ3v) is 3.25. The first-order valence-electron chi connectivity index (χ1n) is 4.60. The molecule has 0 spiro atoms. The van der Waals surface area contributed by atoms with Gasteiger partial charge < -0.3 is 4.90 Å². The zero-order valence-electron chi connectivity index (χ0n) is 8.52. The number of rotatable bonds is 3. The second kappa shape index (κ2) is 4.99. The summed E-state index contributed by atoms with van der Waals surface area (Å²) >= 11 is 12.8. The van der Waals surface area contributed by atoms with Gasteiger partial charge in [0.1, 0.15) is 0 Å². The summed E-state index contributed by atoms with van der Waals surface area (Å²) < 4.78 is 8.05. The van der Waals surface area contributed by atoms with Crippen molar-refractivity contribution in [1.29, 1.82) is 0 Å². The summed E-state index contributed by atoms with van der Waals surface area (Å²) in [6, 6.07) is 7.69. The highest BCUT2D eigenvalue weighted by Gasteiger charge is 2.10. The molecule has 1 aromatic carbocycles. The topological polar surface area (TPSA) is 29.0 Å². The van der Waals surface area contributed by atoms with Crippen LogP contribution in [-0.4, -0.2) is 15.8 Å². The average Bonchev–Trinajstić information content (AvgIpc) is 2.68. The van der Waals surface area contributed by atoms with Crippen molar-refractivity contribution in [2.45, 2.75) is 6.54 Å². The number of hydrogen-bond acceptors (Lipinski definition) is 4. The van der Waals surface area contributed by atoms with Gasteiger partial charge in [0, 0.05) is 18.6 Å². The van der Waals surface area contributed by atoms with E-state index in [0.717, 1.165) is 28.9 Å². The molecule has 2 aromatic rings. The molecule has 0 aliphatic carbocycles. The molecule has 0 aliphatic rings. The van der Waals surface area contributed by atoms with Gasteiger partial charge in [-0.15, -0.1) is 0 Å². The fourth-order valence-electron chi connectivity index (χ4n) is 1.34. The first-order valence-corrected chi connectivity index (χ1v) is 6.09. The van der Waals surface area contributed by atoms with E-state index in [2.05, 4.69) is 8.75 Å². The SMILES string of the molecule is CN(Cc1ccc(Cl)cc1)c1nsnc1Cl. The molecule has 0 fully saturated rings. The Kier molecular flexibility index (Phi) is 3.63. The summed E-state index contributed by atoms with van der Waals surface area (Å²) in [5, 5.41) is 1.18. The Morgan fingerprint density at radius 3 is 2.44 bits per heavy atom. The van der Waals surface area contributed by atoms with Crippen molar-refractivity contribution in [2.75, 3.05) is 11.9 Å². The van der Waals surface area contributed by atoms with Crippen molar-refractivity contribution in [2.24, 2.45) is 0 Å². The van der Waals surface area contributed by atoms with Gasteiger partial charge in [0.15, 0.2) is 11.0 Å². The quantitative estimate of drug-likeness (QED) is 0.858. The molecule has 6 heteroatoms. The van der Waals surface area contributed by atoms with Gasteiger partial charge in [0.25, 0.3) is 0 Å². The Bertz CT molecular complexity index is 469. The van der Waals surface area contributed by atoms with E-state index in [0.29, 0.717) is 11.0 Å². The predicted molar refractivity (Wildman–Crippen MR) is 68.5 cm³/mol. The fraction of sp³-hybridized carbons (Fsp3) is 0.200. The minimum Gasteiger partial charge on any atom is -0.352 e. The molecule has 0 saturated heterocycles. The molecular formula is C10H9Cl2N3S. The van der Waals surface area contributed by atoms with Gasteiger partial charge in [0.2, 0.25) is 0 Å². The zero-order valence-corrected chi connectivity index (χ0v) is 10.9. The lowest BCUT2D eigenvalue weighted by atomic mass is 10.2. The van der Waals surface area contributed by atoms with Crippen LogP contribution >= 0.6 is 34.9 Å². The molecule has 0 N–H and O–H groups in total. The highest BCUT2D eigenvalue weighted by Crippen LogP contribution is 2.23. The monoisotopic (exact) mass is 273 g/mol. The van der Waals surface area contributed by atoms with Gasteiger partial charge in [-0.25, -0.2) is 0 Å². The maximum absolute atomic E-state index is 5.90. The molecule has 0 unspecified atom stereocenters. The van der Waals surface area contributed by atoms with Crippen LogP contribution in [-0.2, 0) is 6.54 Å². The lowest BCUT2D eigenvalue weighted by molar-refractivity contribution is 0.908. The number of aromatic nitrogens is 2. The van der Waals surface area contributed by atoms with E-state index in [-0.39, 0.29) is 0 Å². The number of benzene rings is 1. The van der Waals surface area contributed by atoms with Crippen LogP contribution in [0.15, 0.2) is 24.3 Å². The van der Waals surface area contributed by atoms with Crippen molar-refractivity contribution in [1.82, 2.24) is 8.75 Å². The highest BCUT2D eigenvalue weighted by molar-refractivity contribution is 6.99. The highest BCUT2D eigenvalue weighted by atomic mass is 35.5. The molecule has 1 aromatic heterocycles. The molecule has 2 rings (SSSR count). The Labute approximate surface area is 108 Å². The summed E-state index contributed by atoms with van der Waals surface area (Å²) in [7, 11) is 1.93. The van der Waals surface area contributed by atoms with Gasteiger partial charge in [-0.05, 0) is 17.7 Å². The van der Waals surface area contributed by atoms with Gasteiger partial charge >= 0.3 is 0 Å². The summed E-state index contributed by atoms with van der Waals surface area (Å²) in [5.74, 6) is 0.710. The van der Waals surface area contributed by atoms with Crippen LogP contribution in [0.3, 0.4) is 0 Å². The van der Waals surface area contributed by atoms with E-state index in [4.69, 9.17) is 23.2 Å². The Morgan fingerprint density at radius 2 is 1.88 bits per heavy atom. The summed E-state index contributed by atoms with van der Waals surface area (Å²) in [6.07, 6.45) is 0. The van der Waals surface area contributed by atoms with Gasteiger partial charge in [-0.1, -0.05) is 35.3 Å².